The van der Waals surface area contributed by atoms with Crippen LogP contribution in [0.5, 0.6) is 0 Å². The molecule has 5 heteroatoms. The van der Waals surface area contributed by atoms with Crippen LogP contribution < -0.4 is 4.72 Å². The molecule has 2 aromatic rings. The molecule has 0 aliphatic heterocycles. The van der Waals surface area contributed by atoms with Crippen molar-refractivity contribution in [3.8, 4) is 0 Å². The molecule has 0 spiro atoms. The van der Waals surface area contributed by atoms with E-state index >= 15 is 0 Å². The average molecular weight is 318 g/mol. The van der Waals surface area contributed by atoms with Crippen LogP contribution in [-0.4, -0.2) is 27.4 Å². The Bertz CT molecular complexity index is 725. The molecule has 118 valence electrons. The summed E-state index contributed by atoms with van der Waals surface area (Å²) in [6.45, 7) is 3.78. The van der Waals surface area contributed by atoms with Gasteiger partial charge in [0.25, 0.3) is 0 Å². The van der Waals surface area contributed by atoms with Crippen LogP contribution in [0.3, 0.4) is 0 Å². The van der Waals surface area contributed by atoms with E-state index in [2.05, 4.69) is 4.72 Å². The minimum atomic E-state index is -3.62. The summed E-state index contributed by atoms with van der Waals surface area (Å²) in [4.78, 5) is 2.12. The highest BCUT2D eigenvalue weighted by Crippen LogP contribution is 2.25. The van der Waals surface area contributed by atoms with Gasteiger partial charge in [-0.2, -0.15) is 4.72 Å². The van der Waals surface area contributed by atoms with Gasteiger partial charge in [0.2, 0.25) is 10.0 Å². The van der Waals surface area contributed by atoms with Crippen molar-refractivity contribution in [2.45, 2.75) is 24.4 Å². The van der Waals surface area contributed by atoms with E-state index in [0.717, 1.165) is 11.1 Å². The number of benzene rings is 2. The maximum Gasteiger partial charge on any atom is 0.242 e. The molecule has 22 heavy (non-hydrogen) atoms. The molecule has 0 saturated carbocycles. The number of aryl methyl sites for hydroxylation is 1. The molecule has 1 atom stereocenters. The van der Waals surface area contributed by atoms with E-state index < -0.39 is 15.7 Å². The minimum Gasteiger partial charge on any atom is -0.287 e. The van der Waals surface area contributed by atoms with Crippen LogP contribution >= 0.6 is 0 Å². The van der Waals surface area contributed by atoms with Crippen LogP contribution in [0.25, 0.3) is 0 Å². The first-order chi connectivity index (χ1) is 10.3. The number of hydrogen-bond acceptors (Lipinski definition) is 3. The summed E-state index contributed by atoms with van der Waals surface area (Å²) < 4.78 is 28.2. The van der Waals surface area contributed by atoms with Crippen LogP contribution in [-0.2, 0) is 15.7 Å². The van der Waals surface area contributed by atoms with Gasteiger partial charge in [-0.3, -0.25) is 4.90 Å². The van der Waals surface area contributed by atoms with E-state index in [1.54, 1.807) is 24.3 Å². The zero-order valence-electron chi connectivity index (χ0n) is 13.4. The quantitative estimate of drug-likeness (QED) is 0.862. The highest BCUT2D eigenvalue weighted by atomic mass is 32.2. The van der Waals surface area contributed by atoms with Gasteiger partial charge in [-0.1, -0.05) is 48.0 Å². The largest absolute Gasteiger partial charge is 0.287 e. The Morgan fingerprint density at radius 1 is 0.955 bits per heavy atom. The van der Waals surface area contributed by atoms with Gasteiger partial charge in [0.1, 0.15) is 5.66 Å². The van der Waals surface area contributed by atoms with E-state index in [1.165, 1.54) is 0 Å². The number of sulfonamides is 1. The van der Waals surface area contributed by atoms with Crippen molar-refractivity contribution >= 4 is 10.0 Å². The molecule has 2 aromatic carbocycles. The third-order valence-electron chi connectivity index (χ3n) is 3.89. The lowest BCUT2D eigenvalue weighted by atomic mass is 10.0. The van der Waals surface area contributed by atoms with Crippen LogP contribution in [0.1, 0.15) is 18.1 Å². The summed E-state index contributed by atoms with van der Waals surface area (Å²) >= 11 is 0. The first-order valence-electron chi connectivity index (χ1n) is 7.09. The lowest BCUT2D eigenvalue weighted by Crippen LogP contribution is -2.53. The van der Waals surface area contributed by atoms with E-state index in [9.17, 15) is 8.42 Å². The molecule has 1 unspecified atom stereocenters. The molecule has 0 heterocycles. The van der Waals surface area contributed by atoms with Gasteiger partial charge < -0.3 is 0 Å². The molecule has 0 radical (unpaired) electrons. The molecule has 0 aromatic heterocycles. The fourth-order valence-corrected chi connectivity index (χ4v) is 3.65. The standard InChI is InChI=1S/C17H22N2O2S/c1-14-10-12-16(13-11-14)22(20,21)18-17(2,19(3)4)15-8-6-5-7-9-15/h5-13,18H,1-4H3. The summed E-state index contributed by atoms with van der Waals surface area (Å²) in [5.74, 6) is 0. The molecule has 2 rings (SSSR count). The number of rotatable bonds is 5. The third-order valence-corrected chi connectivity index (χ3v) is 5.45. The molecule has 4 nitrogen and oxygen atoms in total. The third kappa shape index (κ3) is 3.38. The first kappa shape index (κ1) is 16.7. The predicted octanol–water partition coefficient (Wildman–Crippen LogP) is 2.71. The summed E-state index contributed by atoms with van der Waals surface area (Å²) in [5.41, 5.74) is 1.08. The van der Waals surface area contributed by atoms with Gasteiger partial charge in [0.05, 0.1) is 4.90 Å². The Morgan fingerprint density at radius 3 is 2.00 bits per heavy atom. The molecule has 1 N–H and O–H groups in total. The molecule has 0 aliphatic carbocycles. The lowest BCUT2D eigenvalue weighted by molar-refractivity contribution is 0.159. The molecule has 0 amide bonds. The number of nitrogens with zero attached hydrogens (tertiary/aromatic N) is 1. The normalized spacial score (nSPS) is 14.8. The fourth-order valence-electron chi connectivity index (χ4n) is 2.21. The highest BCUT2D eigenvalue weighted by Gasteiger charge is 2.34. The van der Waals surface area contributed by atoms with E-state index in [4.69, 9.17) is 0 Å². The Balaban J connectivity index is 2.42. The molecule has 0 aliphatic rings. The zero-order valence-corrected chi connectivity index (χ0v) is 14.2. The highest BCUT2D eigenvalue weighted by molar-refractivity contribution is 7.89. The summed E-state index contributed by atoms with van der Waals surface area (Å²) in [6.07, 6.45) is 0. The van der Waals surface area contributed by atoms with E-state index in [0.29, 0.717) is 0 Å². The molecule has 0 bridgehead atoms. The van der Waals surface area contributed by atoms with Crippen molar-refractivity contribution in [2.75, 3.05) is 14.1 Å². The lowest BCUT2D eigenvalue weighted by Gasteiger charge is -2.37. The van der Waals surface area contributed by atoms with Crippen molar-refractivity contribution in [3.05, 3.63) is 65.7 Å². The SMILES string of the molecule is Cc1ccc(S(=O)(=O)NC(C)(c2ccccc2)N(C)C)cc1. The van der Waals surface area contributed by atoms with Crippen molar-refractivity contribution in [2.24, 2.45) is 0 Å². The Kier molecular flexibility index (Phi) is 4.70. The monoisotopic (exact) mass is 318 g/mol. The average Bonchev–Trinajstić information content (AvgIpc) is 2.48. The Hall–Kier alpha value is -1.69. The second kappa shape index (κ2) is 6.20. The van der Waals surface area contributed by atoms with E-state index in [1.807, 2.05) is 63.2 Å². The second-order valence-electron chi connectivity index (χ2n) is 5.75. The maximum atomic E-state index is 12.7. The van der Waals surface area contributed by atoms with Crippen molar-refractivity contribution < 1.29 is 8.42 Å². The smallest absolute Gasteiger partial charge is 0.242 e. The minimum absolute atomic E-state index is 0.266. The first-order valence-corrected chi connectivity index (χ1v) is 8.57. The maximum absolute atomic E-state index is 12.7. The molecule has 0 saturated heterocycles. The Labute approximate surface area is 132 Å². The second-order valence-corrected chi connectivity index (χ2v) is 7.43. The van der Waals surface area contributed by atoms with Gasteiger partial charge in [0, 0.05) is 0 Å². The topological polar surface area (TPSA) is 49.4 Å². The number of nitrogens with one attached hydrogen (secondary N) is 1. The van der Waals surface area contributed by atoms with Crippen LogP contribution in [0.4, 0.5) is 0 Å². The van der Waals surface area contributed by atoms with Crippen LogP contribution in [0.15, 0.2) is 59.5 Å². The van der Waals surface area contributed by atoms with Gasteiger partial charge in [-0.15, -0.1) is 0 Å². The summed E-state index contributed by atoms with van der Waals surface area (Å²) in [6, 6.07) is 16.4. The van der Waals surface area contributed by atoms with Crippen LogP contribution in [0.2, 0.25) is 0 Å². The van der Waals surface area contributed by atoms with Gasteiger partial charge in [0.15, 0.2) is 0 Å². The van der Waals surface area contributed by atoms with Gasteiger partial charge >= 0.3 is 0 Å². The van der Waals surface area contributed by atoms with E-state index in [-0.39, 0.29) is 4.90 Å². The predicted molar refractivity (Wildman–Crippen MR) is 89.0 cm³/mol. The summed E-state index contributed by atoms with van der Waals surface area (Å²) in [5, 5.41) is 0. The van der Waals surface area contributed by atoms with Crippen molar-refractivity contribution in [1.29, 1.82) is 0 Å². The number of hydrogen-bond donors (Lipinski definition) is 1. The van der Waals surface area contributed by atoms with Crippen LogP contribution in [0, 0.1) is 6.92 Å². The van der Waals surface area contributed by atoms with Gasteiger partial charge in [-0.25, -0.2) is 8.42 Å². The van der Waals surface area contributed by atoms with Gasteiger partial charge in [-0.05, 0) is 45.6 Å². The molecule has 0 fully saturated rings. The summed E-state index contributed by atoms with van der Waals surface area (Å²) in [7, 11) is 0.0842. The van der Waals surface area contributed by atoms with Crippen molar-refractivity contribution in [1.82, 2.24) is 9.62 Å². The fraction of sp³-hybridized carbons (Fsp3) is 0.294. The Morgan fingerprint density at radius 2 is 1.50 bits per heavy atom. The zero-order chi connectivity index (χ0) is 16.4. The molecular formula is C17H22N2O2S. The van der Waals surface area contributed by atoms with Crippen molar-refractivity contribution in [3.63, 3.8) is 0 Å². The molecular weight excluding hydrogens is 296 g/mol.